The van der Waals surface area contributed by atoms with E-state index < -0.39 is 23.6 Å². The van der Waals surface area contributed by atoms with E-state index in [9.17, 15) is 18.3 Å². The number of ether oxygens (including phenoxy) is 2. The first kappa shape index (κ1) is 14.6. The Morgan fingerprint density at radius 3 is 2.28 bits per heavy atom. The summed E-state index contributed by atoms with van der Waals surface area (Å²) in [6, 6.07) is 2.42. The number of benzene rings is 1. The second-order valence-electron chi connectivity index (χ2n) is 3.51. The Hall–Kier alpha value is -1.47. The minimum absolute atomic E-state index is 0.0576. The number of rotatable bonds is 4. The lowest BCUT2D eigenvalue weighted by atomic mass is 10.00. The Labute approximate surface area is 102 Å². The fraction of sp³-hybridized carbons (Fsp3) is 0.455. The first-order valence-corrected chi connectivity index (χ1v) is 5.07. The van der Waals surface area contributed by atoms with Gasteiger partial charge in [0.1, 0.15) is 5.56 Å². The molecule has 0 saturated carbocycles. The van der Waals surface area contributed by atoms with E-state index in [2.05, 4.69) is 0 Å². The molecule has 0 aliphatic rings. The fourth-order valence-electron chi connectivity index (χ4n) is 1.64. The molecular formula is C11H14F3NO3. The summed E-state index contributed by atoms with van der Waals surface area (Å²) in [7, 11) is 2.34. The minimum atomic E-state index is -4.68. The topological polar surface area (TPSA) is 64.7 Å². The van der Waals surface area contributed by atoms with Gasteiger partial charge >= 0.3 is 6.18 Å². The van der Waals surface area contributed by atoms with Gasteiger partial charge in [-0.1, -0.05) is 6.07 Å². The number of hydrogen-bond donors (Lipinski definition) is 2. The molecule has 1 aromatic rings. The third-order valence-corrected chi connectivity index (χ3v) is 2.44. The van der Waals surface area contributed by atoms with Crippen LogP contribution in [-0.2, 0) is 6.18 Å². The van der Waals surface area contributed by atoms with Crippen molar-refractivity contribution in [1.29, 1.82) is 0 Å². The number of halogens is 3. The van der Waals surface area contributed by atoms with Crippen LogP contribution in [0.2, 0.25) is 0 Å². The zero-order valence-electron chi connectivity index (χ0n) is 9.91. The molecule has 0 fully saturated rings. The van der Waals surface area contributed by atoms with Crippen LogP contribution in [-0.4, -0.2) is 25.9 Å². The molecule has 3 N–H and O–H groups in total. The molecule has 0 radical (unpaired) electrons. The molecular weight excluding hydrogens is 251 g/mol. The van der Waals surface area contributed by atoms with Crippen molar-refractivity contribution in [3.05, 3.63) is 23.3 Å². The first-order valence-electron chi connectivity index (χ1n) is 5.07. The lowest BCUT2D eigenvalue weighted by Gasteiger charge is -2.21. The van der Waals surface area contributed by atoms with Gasteiger partial charge in [0.2, 0.25) is 0 Å². The highest BCUT2D eigenvalue weighted by Crippen LogP contribution is 2.45. The van der Waals surface area contributed by atoms with Gasteiger partial charge in [-0.05, 0) is 11.6 Å². The second-order valence-corrected chi connectivity index (χ2v) is 3.51. The number of methoxy groups -OCH3 is 2. The largest absolute Gasteiger partial charge is 0.493 e. The monoisotopic (exact) mass is 265 g/mol. The van der Waals surface area contributed by atoms with Gasteiger partial charge in [-0.2, -0.15) is 13.2 Å². The van der Waals surface area contributed by atoms with Gasteiger partial charge in [-0.3, -0.25) is 0 Å². The van der Waals surface area contributed by atoms with Gasteiger partial charge in [0.25, 0.3) is 0 Å². The fourth-order valence-corrected chi connectivity index (χ4v) is 1.64. The van der Waals surface area contributed by atoms with Gasteiger partial charge in [-0.25, -0.2) is 0 Å². The number of hydrogen-bond acceptors (Lipinski definition) is 4. The smallest absolute Gasteiger partial charge is 0.420 e. The molecule has 102 valence electrons. The Kier molecular flexibility index (Phi) is 4.42. The van der Waals surface area contributed by atoms with Crippen LogP contribution in [0.1, 0.15) is 17.2 Å². The molecule has 0 aliphatic carbocycles. The van der Waals surface area contributed by atoms with Crippen molar-refractivity contribution in [3.63, 3.8) is 0 Å². The average Bonchev–Trinajstić information content (AvgIpc) is 2.34. The van der Waals surface area contributed by atoms with Gasteiger partial charge in [0, 0.05) is 6.54 Å². The molecule has 4 nitrogen and oxygen atoms in total. The highest BCUT2D eigenvalue weighted by Gasteiger charge is 2.39. The number of alkyl halides is 3. The molecule has 1 unspecified atom stereocenters. The Balaban J connectivity index is 3.55. The van der Waals surface area contributed by atoms with E-state index in [1.165, 1.54) is 13.2 Å². The number of nitrogens with two attached hydrogens (primary N) is 1. The van der Waals surface area contributed by atoms with Crippen molar-refractivity contribution in [3.8, 4) is 11.5 Å². The summed E-state index contributed by atoms with van der Waals surface area (Å²) < 4.78 is 48.6. The van der Waals surface area contributed by atoms with Crippen molar-refractivity contribution < 1.29 is 27.8 Å². The summed E-state index contributed by atoms with van der Waals surface area (Å²) in [5, 5.41) is 9.54. The van der Waals surface area contributed by atoms with Crippen molar-refractivity contribution in [2.45, 2.75) is 12.3 Å². The van der Waals surface area contributed by atoms with Gasteiger partial charge in [0.15, 0.2) is 11.5 Å². The molecule has 1 rings (SSSR count). The van der Waals surface area contributed by atoms with Gasteiger partial charge in [-0.15, -0.1) is 0 Å². The van der Waals surface area contributed by atoms with E-state index in [-0.39, 0.29) is 17.9 Å². The van der Waals surface area contributed by atoms with Crippen LogP contribution in [0.5, 0.6) is 11.5 Å². The van der Waals surface area contributed by atoms with Crippen LogP contribution in [0.25, 0.3) is 0 Å². The Bertz CT molecular complexity index is 421. The van der Waals surface area contributed by atoms with Crippen LogP contribution in [0, 0.1) is 0 Å². The molecule has 18 heavy (non-hydrogen) atoms. The third-order valence-electron chi connectivity index (χ3n) is 2.44. The number of aliphatic hydroxyl groups is 1. The van der Waals surface area contributed by atoms with E-state index in [0.29, 0.717) is 0 Å². The molecule has 1 aromatic carbocycles. The van der Waals surface area contributed by atoms with Gasteiger partial charge < -0.3 is 20.3 Å². The highest BCUT2D eigenvalue weighted by molar-refractivity contribution is 5.53. The first-order chi connectivity index (χ1) is 8.36. The van der Waals surface area contributed by atoms with E-state index in [1.54, 1.807) is 0 Å². The number of aliphatic hydroxyl groups excluding tert-OH is 1. The van der Waals surface area contributed by atoms with Crippen molar-refractivity contribution >= 4 is 0 Å². The molecule has 1 atom stereocenters. The van der Waals surface area contributed by atoms with E-state index in [0.717, 1.165) is 13.2 Å². The van der Waals surface area contributed by atoms with Crippen LogP contribution >= 0.6 is 0 Å². The SMILES string of the molecule is COc1ccc(C(O)CN)c(C(F)(F)F)c1OC. The van der Waals surface area contributed by atoms with Crippen molar-refractivity contribution in [1.82, 2.24) is 0 Å². The lowest BCUT2D eigenvalue weighted by molar-refractivity contribution is -0.140. The van der Waals surface area contributed by atoms with Crippen LogP contribution in [0.15, 0.2) is 12.1 Å². The Morgan fingerprint density at radius 1 is 1.28 bits per heavy atom. The van der Waals surface area contributed by atoms with Crippen molar-refractivity contribution in [2.75, 3.05) is 20.8 Å². The van der Waals surface area contributed by atoms with E-state index >= 15 is 0 Å². The van der Waals surface area contributed by atoms with Crippen LogP contribution in [0.4, 0.5) is 13.2 Å². The molecule has 0 spiro atoms. The molecule has 0 bridgehead atoms. The molecule has 0 aliphatic heterocycles. The Morgan fingerprint density at radius 2 is 1.89 bits per heavy atom. The maximum atomic E-state index is 13.0. The van der Waals surface area contributed by atoms with Crippen LogP contribution < -0.4 is 15.2 Å². The van der Waals surface area contributed by atoms with E-state index in [1.807, 2.05) is 0 Å². The molecule has 0 amide bonds. The lowest BCUT2D eigenvalue weighted by Crippen LogP contribution is -2.19. The average molecular weight is 265 g/mol. The minimum Gasteiger partial charge on any atom is -0.493 e. The van der Waals surface area contributed by atoms with Gasteiger partial charge in [0.05, 0.1) is 20.3 Å². The summed E-state index contributed by atoms with van der Waals surface area (Å²) in [4.78, 5) is 0. The zero-order valence-corrected chi connectivity index (χ0v) is 9.91. The van der Waals surface area contributed by atoms with Crippen molar-refractivity contribution in [2.24, 2.45) is 5.73 Å². The maximum absolute atomic E-state index is 13.0. The van der Waals surface area contributed by atoms with Crippen LogP contribution in [0.3, 0.4) is 0 Å². The van der Waals surface area contributed by atoms with E-state index in [4.69, 9.17) is 15.2 Å². The molecule has 7 heteroatoms. The zero-order chi connectivity index (χ0) is 13.9. The maximum Gasteiger partial charge on any atom is 0.420 e. The predicted molar refractivity (Wildman–Crippen MR) is 58.6 cm³/mol. The summed E-state index contributed by atoms with van der Waals surface area (Å²) in [5.74, 6) is -0.521. The summed E-state index contributed by atoms with van der Waals surface area (Å²) in [6.07, 6.45) is -6.09. The summed E-state index contributed by atoms with van der Waals surface area (Å²) in [6.45, 7) is -0.321. The molecule has 0 heterocycles. The quantitative estimate of drug-likeness (QED) is 0.870. The second kappa shape index (κ2) is 5.45. The molecule has 0 aromatic heterocycles. The molecule has 0 saturated heterocycles. The normalized spacial score (nSPS) is 13.3. The summed E-state index contributed by atoms with van der Waals surface area (Å²) in [5.41, 5.74) is 3.79. The standard InChI is InChI=1S/C11H14F3NO3/c1-17-8-4-3-6(7(16)5-15)9(10(8)18-2)11(12,13)14/h3-4,7,16H,5,15H2,1-2H3. The summed E-state index contributed by atoms with van der Waals surface area (Å²) >= 11 is 0. The predicted octanol–water partition coefficient (Wildman–Crippen LogP) is 1.71. The highest BCUT2D eigenvalue weighted by atomic mass is 19.4. The third kappa shape index (κ3) is 2.68.